The molecule has 0 aliphatic heterocycles. The molecule has 2 N–H and O–H groups in total. The summed E-state index contributed by atoms with van der Waals surface area (Å²) in [5.74, 6) is -1.49. The van der Waals surface area contributed by atoms with E-state index in [1.165, 1.54) is 38.2 Å². The van der Waals surface area contributed by atoms with Crippen molar-refractivity contribution in [2.75, 3.05) is 17.7 Å². The lowest BCUT2D eigenvalue weighted by atomic mass is 10.1. The normalized spacial score (nSPS) is 11.4. The van der Waals surface area contributed by atoms with Crippen LogP contribution in [0.4, 0.5) is 17.1 Å². The summed E-state index contributed by atoms with van der Waals surface area (Å²) >= 11 is 11.8. The molecule has 0 bridgehead atoms. The van der Waals surface area contributed by atoms with E-state index in [4.69, 9.17) is 27.9 Å². The summed E-state index contributed by atoms with van der Waals surface area (Å²) in [6, 6.07) is 8.33. The van der Waals surface area contributed by atoms with Crippen molar-refractivity contribution in [2.24, 2.45) is 0 Å². The van der Waals surface area contributed by atoms with Crippen LogP contribution in [0.5, 0.6) is 0 Å². The Labute approximate surface area is 164 Å². The Bertz CT molecular complexity index is 904. The minimum atomic E-state index is -1.16. The Morgan fingerprint density at radius 1 is 1.15 bits per heavy atom. The average molecular weight is 412 g/mol. The van der Waals surface area contributed by atoms with Crippen molar-refractivity contribution in [1.82, 2.24) is 0 Å². The van der Waals surface area contributed by atoms with Crippen LogP contribution in [-0.2, 0) is 9.53 Å². The summed E-state index contributed by atoms with van der Waals surface area (Å²) in [4.78, 5) is 34.9. The highest BCUT2D eigenvalue weighted by Gasteiger charge is 2.22. The van der Waals surface area contributed by atoms with Crippen LogP contribution in [0.1, 0.15) is 17.3 Å². The smallest absolute Gasteiger partial charge is 0.339 e. The van der Waals surface area contributed by atoms with Gasteiger partial charge in [0, 0.05) is 18.1 Å². The van der Waals surface area contributed by atoms with Gasteiger partial charge in [-0.2, -0.15) is 0 Å². The molecule has 10 heteroatoms. The molecule has 0 fully saturated rings. The average Bonchev–Trinajstić information content (AvgIpc) is 2.63. The van der Waals surface area contributed by atoms with E-state index in [9.17, 15) is 19.7 Å². The molecule has 2 aromatic rings. The molecule has 0 saturated heterocycles. The third-order valence-electron chi connectivity index (χ3n) is 3.54. The lowest BCUT2D eigenvalue weighted by Crippen LogP contribution is -2.30. The molecule has 0 aliphatic carbocycles. The number of carbonyl (C=O) groups excluding carboxylic acids is 2. The van der Waals surface area contributed by atoms with Crippen LogP contribution in [0.3, 0.4) is 0 Å². The number of nitro groups is 1. The van der Waals surface area contributed by atoms with Gasteiger partial charge in [-0.3, -0.25) is 14.9 Å². The minimum Gasteiger partial charge on any atom is -0.449 e. The number of benzene rings is 2. The van der Waals surface area contributed by atoms with Gasteiger partial charge in [-0.1, -0.05) is 23.2 Å². The van der Waals surface area contributed by atoms with Crippen LogP contribution in [0.25, 0.3) is 0 Å². The number of nitrogens with zero attached hydrogens (tertiary/aromatic N) is 1. The predicted octanol–water partition coefficient (Wildman–Crippen LogP) is 4.13. The number of ether oxygens (including phenoxy) is 1. The zero-order valence-corrected chi connectivity index (χ0v) is 15.8. The van der Waals surface area contributed by atoms with Crippen molar-refractivity contribution in [1.29, 1.82) is 0 Å². The maximum atomic E-state index is 12.2. The van der Waals surface area contributed by atoms with Gasteiger partial charge in [-0.05, 0) is 37.3 Å². The molecule has 0 radical (unpaired) electrons. The summed E-state index contributed by atoms with van der Waals surface area (Å²) in [7, 11) is 1.52. The van der Waals surface area contributed by atoms with Gasteiger partial charge in [0.15, 0.2) is 6.10 Å². The van der Waals surface area contributed by atoms with Gasteiger partial charge in [0.2, 0.25) is 0 Å². The molecule has 0 heterocycles. The van der Waals surface area contributed by atoms with E-state index < -0.39 is 22.9 Å². The Balaban J connectivity index is 2.09. The monoisotopic (exact) mass is 411 g/mol. The molecule has 0 unspecified atom stereocenters. The van der Waals surface area contributed by atoms with E-state index >= 15 is 0 Å². The molecule has 2 rings (SSSR count). The highest BCUT2D eigenvalue weighted by atomic mass is 35.5. The minimum absolute atomic E-state index is 0.0510. The molecule has 0 aliphatic rings. The number of amides is 1. The van der Waals surface area contributed by atoms with Gasteiger partial charge in [0.25, 0.3) is 11.6 Å². The third kappa shape index (κ3) is 5.08. The SMILES string of the molecule is CNc1ccc(C(=O)O[C@H](C)C(=O)Nc2ccc(Cl)cc2Cl)cc1[N+](=O)[O-]. The first-order valence-corrected chi connectivity index (χ1v) is 8.41. The third-order valence-corrected chi connectivity index (χ3v) is 4.09. The van der Waals surface area contributed by atoms with Crippen LogP contribution in [0.2, 0.25) is 10.0 Å². The number of nitro benzene ring substituents is 1. The van der Waals surface area contributed by atoms with E-state index in [0.717, 1.165) is 6.07 Å². The first kappa shape index (κ1) is 20.5. The Hall–Kier alpha value is -2.84. The summed E-state index contributed by atoms with van der Waals surface area (Å²) < 4.78 is 5.08. The number of hydrogen-bond donors (Lipinski definition) is 2. The van der Waals surface area contributed by atoms with Crippen molar-refractivity contribution in [3.63, 3.8) is 0 Å². The molecule has 0 spiro atoms. The number of nitrogens with one attached hydrogen (secondary N) is 2. The fourth-order valence-electron chi connectivity index (χ4n) is 2.13. The number of esters is 1. The number of anilines is 2. The van der Waals surface area contributed by atoms with Gasteiger partial charge >= 0.3 is 5.97 Å². The van der Waals surface area contributed by atoms with Crippen molar-refractivity contribution < 1.29 is 19.2 Å². The summed E-state index contributed by atoms with van der Waals surface area (Å²) in [5, 5.41) is 16.9. The number of hydrogen-bond acceptors (Lipinski definition) is 6. The lowest BCUT2D eigenvalue weighted by Gasteiger charge is -2.14. The van der Waals surface area contributed by atoms with Crippen molar-refractivity contribution in [3.05, 3.63) is 62.1 Å². The van der Waals surface area contributed by atoms with E-state index in [-0.39, 0.29) is 22.0 Å². The van der Waals surface area contributed by atoms with Gasteiger partial charge in [-0.15, -0.1) is 0 Å². The molecular weight excluding hydrogens is 397 g/mol. The molecule has 27 heavy (non-hydrogen) atoms. The quantitative estimate of drug-likeness (QED) is 0.419. The summed E-state index contributed by atoms with van der Waals surface area (Å²) in [6.07, 6.45) is -1.16. The number of halogens is 2. The molecule has 1 atom stereocenters. The molecule has 1 amide bonds. The maximum absolute atomic E-state index is 12.2. The molecule has 0 saturated carbocycles. The van der Waals surface area contributed by atoms with Gasteiger partial charge in [-0.25, -0.2) is 4.79 Å². The highest BCUT2D eigenvalue weighted by Crippen LogP contribution is 2.27. The molecular formula is C17H15Cl2N3O5. The Morgan fingerprint density at radius 3 is 2.41 bits per heavy atom. The van der Waals surface area contributed by atoms with E-state index in [1.807, 2.05) is 0 Å². The van der Waals surface area contributed by atoms with Gasteiger partial charge in [0.05, 0.1) is 21.2 Å². The Morgan fingerprint density at radius 2 is 1.81 bits per heavy atom. The molecule has 0 aromatic heterocycles. The maximum Gasteiger partial charge on any atom is 0.339 e. The summed E-state index contributed by atoms with van der Waals surface area (Å²) in [5.41, 5.74) is 0.226. The first-order valence-electron chi connectivity index (χ1n) is 7.66. The lowest BCUT2D eigenvalue weighted by molar-refractivity contribution is -0.384. The molecule has 8 nitrogen and oxygen atoms in total. The fourth-order valence-corrected chi connectivity index (χ4v) is 2.58. The van der Waals surface area contributed by atoms with Crippen LogP contribution >= 0.6 is 23.2 Å². The zero-order chi connectivity index (χ0) is 20.1. The fraction of sp³-hybridized carbons (Fsp3) is 0.176. The molecule has 2 aromatic carbocycles. The van der Waals surface area contributed by atoms with Crippen LogP contribution in [0.15, 0.2) is 36.4 Å². The molecule has 142 valence electrons. The predicted molar refractivity (Wildman–Crippen MR) is 103 cm³/mol. The first-order chi connectivity index (χ1) is 12.7. The van der Waals surface area contributed by atoms with E-state index in [2.05, 4.69) is 10.6 Å². The van der Waals surface area contributed by atoms with Crippen molar-refractivity contribution in [2.45, 2.75) is 13.0 Å². The second-order valence-corrected chi connectivity index (χ2v) is 6.24. The van der Waals surface area contributed by atoms with E-state index in [0.29, 0.717) is 10.7 Å². The van der Waals surface area contributed by atoms with Crippen molar-refractivity contribution >= 4 is 52.1 Å². The van der Waals surface area contributed by atoms with Crippen LogP contribution in [0, 0.1) is 10.1 Å². The van der Waals surface area contributed by atoms with Crippen molar-refractivity contribution in [3.8, 4) is 0 Å². The van der Waals surface area contributed by atoms with Gasteiger partial charge < -0.3 is 15.4 Å². The van der Waals surface area contributed by atoms with E-state index in [1.54, 1.807) is 6.07 Å². The zero-order valence-electron chi connectivity index (χ0n) is 14.3. The van der Waals surface area contributed by atoms with Crippen LogP contribution < -0.4 is 10.6 Å². The second-order valence-electron chi connectivity index (χ2n) is 5.40. The highest BCUT2D eigenvalue weighted by molar-refractivity contribution is 6.36. The van der Waals surface area contributed by atoms with Gasteiger partial charge in [0.1, 0.15) is 5.69 Å². The number of rotatable bonds is 6. The topological polar surface area (TPSA) is 111 Å². The number of carbonyl (C=O) groups is 2. The largest absolute Gasteiger partial charge is 0.449 e. The summed E-state index contributed by atoms with van der Waals surface area (Å²) in [6.45, 7) is 1.37. The van der Waals surface area contributed by atoms with Crippen LogP contribution in [-0.4, -0.2) is 30.0 Å². The second kappa shape index (κ2) is 8.70. The standard InChI is InChI=1S/C17H15Cl2N3O5/c1-9(16(23)21-13-6-4-11(18)8-12(13)19)27-17(24)10-3-5-14(20-2)15(7-10)22(25)26/h3-9,20H,1-2H3,(H,21,23)/t9-/m1/s1. The Kier molecular flexibility index (Phi) is 6.59.